The van der Waals surface area contributed by atoms with Crippen molar-refractivity contribution in [2.24, 2.45) is 0 Å². The highest BCUT2D eigenvalue weighted by Gasteiger charge is 2.39. The third kappa shape index (κ3) is 4.23. The molecule has 0 saturated carbocycles. The highest BCUT2D eigenvalue weighted by molar-refractivity contribution is 6.30. The van der Waals surface area contributed by atoms with Crippen LogP contribution >= 0.6 is 24.0 Å². The minimum Gasteiger partial charge on any atom is -0.345 e. The number of aromatic nitrogens is 2. The quantitative estimate of drug-likeness (QED) is 0.830. The fourth-order valence-electron chi connectivity index (χ4n) is 2.64. The second kappa shape index (κ2) is 7.47. The molecule has 6 heteroatoms. The molecule has 4 nitrogen and oxygen atoms in total. The van der Waals surface area contributed by atoms with Crippen LogP contribution in [0.4, 0.5) is 0 Å². The van der Waals surface area contributed by atoms with Crippen LogP contribution in [0.1, 0.15) is 18.9 Å². The van der Waals surface area contributed by atoms with Crippen molar-refractivity contribution in [2.45, 2.75) is 38.2 Å². The summed E-state index contributed by atoms with van der Waals surface area (Å²) in [7, 11) is 0. The van der Waals surface area contributed by atoms with E-state index in [9.17, 15) is 0 Å². The molecule has 1 aromatic carbocycles. The van der Waals surface area contributed by atoms with Crippen molar-refractivity contribution in [3.63, 3.8) is 0 Å². The van der Waals surface area contributed by atoms with E-state index in [4.69, 9.17) is 21.1 Å². The lowest BCUT2D eigenvalue weighted by Crippen LogP contribution is -2.36. The Morgan fingerprint density at radius 1 is 1.36 bits per heavy atom. The largest absolute Gasteiger partial charge is 0.345 e. The summed E-state index contributed by atoms with van der Waals surface area (Å²) in [6.45, 7) is 3.33. The van der Waals surface area contributed by atoms with Gasteiger partial charge in [0.1, 0.15) is 0 Å². The lowest BCUT2D eigenvalue weighted by Gasteiger charge is -2.28. The Kier molecular flexibility index (Phi) is 5.87. The highest BCUT2D eigenvalue weighted by Crippen LogP contribution is 2.30. The molecular formula is C16H20Cl2N2O2. The van der Waals surface area contributed by atoms with Gasteiger partial charge in [-0.25, -0.2) is 4.98 Å². The summed E-state index contributed by atoms with van der Waals surface area (Å²) in [5.74, 6) is -0.570. The van der Waals surface area contributed by atoms with Gasteiger partial charge < -0.3 is 14.0 Å². The highest BCUT2D eigenvalue weighted by atomic mass is 35.5. The van der Waals surface area contributed by atoms with Crippen molar-refractivity contribution in [2.75, 3.05) is 6.61 Å². The van der Waals surface area contributed by atoms with E-state index in [0.29, 0.717) is 13.2 Å². The Hall–Kier alpha value is -1.07. The van der Waals surface area contributed by atoms with E-state index in [1.807, 2.05) is 42.0 Å². The first-order valence-electron chi connectivity index (χ1n) is 7.17. The molecule has 1 saturated heterocycles. The SMILES string of the molecule is C[C@H]1CO[C@](CCc2ccc(Cl)cc2)(Cn2ccnc2)O1.Cl. The van der Waals surface area contributed by atoms with Crippen LogP contribution in [0.25, 0.3) is 0 Å². The molecule has 2 heterocycles. The summed E-state index contributed by atoms with van der Waals surface area (Å²) in [6.07, 6.45) is 7.30. The number of rotatable bonds is 5. The number of halogens is 2. The van der Waals surface area contributed by atoms with Gasteiger partial charge in [-0.15, -0.1) is 12.4 Å². The van der Waals surface area contributed by atoms with Crippen molar-refractivity contribution in [3.8, 4) is 0 Å². The Morgan fingerprint density at radius 3 is 2.73 bits per heavy atom. The Labute approximate surface area is 141 Å². The standard InChI is InChI=1S/C16H19ClN2O2.ClH/c1-13-10-20-16(21-13,11-19-9-8-18-12-19)7-6-14-2-4-15(17)5-3-14;/h2-5,8-9,12-13H,6-7,10-11H2,1H3;1H/t13-,16-;/m0./s1. The molecule has 0 spiro atoms. The molecule has 3 rings (SSSR count). The summed E-state index contributed by atoms with van der Waals surface area (Å²) in [4.78, 5) is 4.08. The summed E-state index contributed by atoms with van der Waals surface area (Å²) < 4.78 is 14.0. The average molecular weight is 343 g/mol. The first kappa shape index (κ1) is 17.3. The smallest absolute Gasteiger partial charge is 0.187 e. The number of nitrogens with zero attached hydrogens (tertiary/aromatic N) is 2. The number of aryl methyl sites for hydroxylation is 1. The predicted molar refractivity (Wildman–Crippen MR) is 88.5 cm³/mol. The average Bonchev–Trinajstić information content (AvgIpc) is 3.09. The van der Waals surface area contributed by atoms with Crippen molar-refractivity contribution in [1.82, 2.24) is 9.55 Å². The van der Waals surface area contributed by atoms with Gasteiger partial charge in [0.2, 0.25) is 0 Å². The maximum atomic E-state index is 6.07. The number of ether oxygens (including phenoxy) is 2. The maximum absolute atomic E-state index is 6.07. The second-order valence-corrected chi connectivity index (χ2v) is 5.95. The van der Waals surface area contributed by atoms with Crippen LogP contribution < -0.4 is 0 Å². The molecular weight excluding hydrogens is 323 g/mol. The van der Waals surface area contributed by atoms with E-state index in [0.717, 1.165) is 17.9 Å². The first-order valence-corrected chi connectivity index (χ1v) is 7.55. The molecule has 2 atom stereocenters. The maximum Gasteiger partial charge on any atom is 0.187 e. The zero-order valence-corrected chi connectivity index (χ0v) is 14.0. The van der Waals surface area contributed by atoms with Crippen molar-refractivity contribution in [3.05, 3.63) is 53.6 Å². The summed E-state index contributed by atoms with van der Waals surface area (Å²) in [5, 5.41) is 0.758. The molecule has 0 aliphatic carbocycles. The predicted octanol–water partition coefficient (Wildman–Crippen LogP) is 3.72. The zero-order chi connectivity index (χ0) is 14.7. The minimum atomic E-state index is -0.570. The van der Waals surface area contributed by atoms with E-state index < -0.39 is 5.79 Å². The van der Waals surface area contributed by atoms with Crippen LogP contribution in [0.2, 0.25) is 5.02 Å². The minimum absolute atomic E-state index is 0. The van der Waals surface area contributed by atoms with Crippen LogP contribution in [0, 0.1) is 0 Å². The lowest BCUT2D eigenvalue weighted by molar-refractivity contribution is -0.180. The zero-order valence-electron chi connectivity index (χ0n) is 12.4. The number of imidazole rings is 1. The number of hydrogen-bond donors (Lipinski definition) is 0. The normalized spacial score (nSPS) is 24.2. The van der Waals surface area contributed by atoms with Crippen LogP contribution in [-0.2, 0) is 22.4 Å². The van der Waals surface area contributed by atoms with Crippen LogP contribution in [0.5, 0.6) is 0 Å². The molecule has 1 aliphatic rings. The van der Waals surface area contributed by atoms with E-state index in [-0.39, 0.29) is 18.5 Å². The summed E-state index contributed by atoms with van der Waals surface area (Å²) >= 11 is 5.92. The van der Waals surface area contributed by atoms with E-state index in [1.165, 1.54) is 5.56 Å². The van der Waals surface area contributed by atoms with Gasteiger partial charge in [-0.3, -0.25) is 0 Å². The molecule has 0 unspecified atom stereocenters. The molecule has 1 fully saturated rings. The van der Waals surface area contributed by atoms with Gasteiger partial charge in [0.05, 0.1) is 25.6 Å². The third-order valence-electron chi connectivity index (χ3n) is 3.69. The number of hydrogen-bond acceptors (Lipinski definition) is 3. The van der Waals surface area contributed by atoms with Gasteiger partial charge in [-0.1, -0.05) is 23.7 Å². The van der Waals surface area contributed by atoms with E-state index in [2.05, 4.69) is 4.98 Å². The van der Waals surface area contributed by atoms with Gasteiger partial charge in [-0.05, 0) is 31.0 Å². The third-order valence-corrected chi connectivity index (χ3v) is 3.94. The number of benzene rings is 1. The molecule has 0 bridgehead atoms. The molecule has 0 N–H and O–H groups in total. The van der Waals surface area contributed by atoms with Gasteiger partial charge in [0.25, 0.3) is 0 Å². The molecule has 0 amide bonds. The molecule has 0 radical (unpaired) electrons. The van der Waals surface area contributed by atoms with Crippen molar-refractivity contribution < 1.29 is 9.47 Å². The second-order valence-electron chi connectivity index (χ2n) is 5.51. The van der Waals surface area contributed by atoms with Crippen molar-refractivity contribution in [1.29, 1.82) is 0 Å². The Balaban J connectivity index is 0.00000176. The summed E-state index contributed by atoms with van der Waals surface area (Å²) in [5.41, 5.74) is 1.23. The van der Waals surface area contributed by atoms with E-state index in [1.54, 1.807) is 12.5 Å². The summed E-state index contributed by atoms with van der Waals surface area (Å²) in [6, 6.07) is 7.92. The monoisotopic (exact) mass is 342 g/mol. The molecule has 1 aliphatic heterocycles. The molecule has 2 aromatic rings. The first-order chi connectivity index (χ1) is 10.2. The topological polar surface area (TPSA) is 36.3 Å². The van der Waals surface area contributed by atoms with Gasteiger partial charge in [-0.2, -0.15) is 0 Å². The van der Waals surface area contributed by atoms with Crippen molar-refractivity contribution >= 4 is 24.0 Å². The van der Waals surface area contributed by atoms with Gasteiger partial charge in [0, 0.05) is 23.8 Å². The van der Waals surface area contributed by atoms with Crippen LogP contribution in [0.15, 0.2) is 43.0 Å². The molecule has 120 valence electrons. The van der Waals surface area contributed by atoms with Gasteiger partial charge >= 0.3 is 0 Å². The fraction of sp³-hybridized carbons (Fsp3) is 0.438. The molecule has 1 aromatic heterocycles. The van der Waals surface area contributed by atoms with Gasteiger partial charge in [0.15, 0.2) is 5.79 Å². The van der Waals surface area contributed by atoms with Crippen LogP contribution in [0.3, 0.4) is 0 Å². The lowest BCUT2D eigenvalue weighted by atomic mass is 10.0. The van der Waals surface area contributed by atoms with Crippen LogP contribution in [-0.4, -0.2) is 28.0 Å². The fourth-order valence-corrected chi connectivity index (χ4v) is 2.77. The Morgan fingerprint density at radius 2 is 2.14 bits per heavy atom. The van der Waals surface area contributed by atoms with E-state index >= 15 is 0 Å². The Bertz CT molecular complexity index is 574. The molecule has 22 heavy (non-hydrogen) atoms.